The van der Waals surface area contributed by atoms with Gasteiger partial charge >= 0.3 is 5.97 Å². The van der Waals surface area contributed by atoms with Crippen LogP contribution in [0.3, 0.4) is 0 Å². The van der Waals surface area contributed by atoms with Crippen LogP contribution in [0.2, 0.25) is 0 Å². The third-order valence-electron chi connectivity index (χ3n) is 2.97. The maximum atomic E-state index is 11.6. The molecule has 0 atom stereocenters. The second kappa shape index (κ2) is 13.5. The van der Waals surface area contributed by atoms with Gasteiger partial charge < -0.3 is 14.9 Å². The van der Waals surface area contributed by atoms with Gasteiger partial charge in [0.2, 0.25) is 5.91 Å². The molecule has 8 nitrogen and oxygen atoms in total. The van der Waals surface area contributed by atoms with Gasteiger partial charge in [0.15, 0.2) is 0 Å². The average Bonchev–Trinajstić information content (AvgIpc) is 2.53. The van der Waals surface area contributed by atoms with Crippen molar-refractivity contribution >= 4 is 24.2 Å². The molecule has 0 aliphatic heterocycles. The normalized spacial score (nSPS) is 10.3. The summed E-state index contributed by atoms with van der Waals surface area (Å²) < 4.78 is 5.35. The van der Waals surface area contributed by atoms with Gasteiger partial charge in [0, 0.05) is 26.0 Å². The van der Waals surface area contributed by atoms with E-state index in [4.69, 9.17) is 4.74 Å². The summed E-state index contributed by atoms with van der Waals surface area (Å²) in [5.74, 6) is -1.16. The Bertz CT molecular complexity index is 411. The molecule has 1 N–H and O–H groups in total. The first-order chi connectivity index (χ1) is 11.4. The van der Waals surface area contributed by atoms with Crippen LogP contribution >= 0.6 is 0 Å². The molecule has 0 radical (unpaired) electrons. The Hall–Kier alpha value is -1.96. The van der Waals surface area contributed by atoms with E-state index < -0.39 is 11.9 Å². The molecule has 24 heavy (non-hydrogen) atoms. The van der Waals surface area contributed by atoms with Gasteiger partial charge in [0.05, 0.1) is 13.0 Å². The Kier molecular flexibility index (Phi) is 12.4. The Morgan fingerprint density at radius 1 is 1.12 bits per heavy atom. The van der Waals surface area contributed by atoms with Crippen LogP contribution in [0.25, 0.3) is 0 Å². The minimum atomic E-state index is -0.810. The summed E-state index contributed by atoms with van der Waals surface area (Å²) in [5.41, 5.74) is 0. The number of imide groups is 1. The first-order valence-electron chi connectivity index (χ1n) is 8.23. The number of carbonyl (C=O) groups excluding carboxylic acids is 4. The van der Waals surface area contributed by atoms with Crippen LogP contribution in [-0.4, -0.2) is 49.0 Å². The highest BCUT2D eigenvalue weighted by molar-refractivity contribution is 5.87. The molecule has 0 aromatic carbocycles. The lowest BCUT2D eigenvalue weighted by atomic mass is 10.1. The molecule has 0 saturated heterocycles. The van der Waals surface area contributed by atoms with E-state index in [2.05, 4.69) is 24.0 Å². The van der Waals surface area contributed by atoms with E-state index in [1.807, 2.05) is 0 Å². The van der Waals surface area contributed by atoms with Crippen molar-refractivity contribution in [3.63, 3.8) is 0 Å². The monoisotopic (exact) mass is 344 g/mol. The maximum Gasteiger partial charge on any atom is 0.333 e. The highest BCUT2D eigenvalue weighted by Gasteiger charge is 2.17. The zero-order valence-electron chi connectivity index (χ0n) is 14.7. The molecule has 138 valence electrons. The Labute approximate surface area is 142 Å². The predicted octanol–water partition coefficient (Wildman–Crippen LogP) is 1.19. The average molecular weight is 344 g/mol. The summed E-state index contributed by atoms with van der Waals surface area (Å²) in [6.45, 7) is 7.39. The zero-order chi connectivity index (χ0) is 18.4. The molecule has 0 spiro atoms. The van der Waals surface area contributed by atoms with Gasteiger partial charge in [-0.3, -0.25) is 14.4 Å². The third-order valence-corrected chi connectivity index (χ3v) is 2.97. The largest absolute Gasteiger partial charge is 0.380 e. The Balaban J connectivity index is 3.83. The molecule has 0 fully saturated rings. The van der Waals surface area contributed by atoms with E-state index in [1.165, 1.54) is 0 Å². The summed E-state index contributed by atoms with van der Waals surface area (Å²) in [6.07, 6.45) is 1.43. The fourth-order valence-electron chi connectivity index (χ4n) is 1.60. The van der Waals surface area contributed by atoms with Crippen molar-refractivity contribution in [2.24, 2.45) is 5.92 Å². The van der Waals surface area contributed by atoms with Gasteiger partial charge in [-0.2, -0.15) is 0 Å². The molecular formula is C16H28N2O6. The van der Waals surface area contributed by atoms with E-state index in [-0.39, 0.29) is 31.6 Å². The molecule has 0 heterocycles. The highest BCUT2D eigenvalue weighted by atomic mass is 16.7. The number of nitrogens with one attached hydrogen (secondary N) is 1. The number of hydrogen-bond donors (Lipinski definition) is 1. The lowest BCUT2D eigenvalue weighted by Gasteiger charge is -2.13. The van der Waals surface area contributed by atoms with Crippen molar-refractivity contribution in [3.8, 4) is 0 Å². The molecule has 0 bridgehead atoms. The van der Waals surface area contributed by atoms with Crippen molar-refractivity contribution in [2.45, 2.75) is 52.9 Å². The first kappa shape index (κ1) is 22.0. The summed E-state index contributed by atoms with van der Waals surface area (Å²) >= 11 is 0. The van der Waals surface area contributed by atoms with E-state index >= 15 is 0 Å². The van der Waals surface area contributed by atoms with E-state index in [0.717, 1.165) is 6.42 Å². The summed E-state index contributed by atoms with van der Waals surface area (Å²) in [7, 11) is 0. The molecule has 0 aliphatic rings. The van der Waals surface area contributed by atoms with E-state index in [1.54, 1.807) is 6.92 Å². The topological polar surface area (TPSA) is 102 Å². The number of carbonyl (C=O) groups is 4. The predicted molar refractivity (Wildman–Crippen MR) is 86.4 cm³/mol. The van der Waals surface area contributed by atoms with Crippen LogP contribution in [-0.2, 0) is 28.8 Å². The zero-order valence-corrected chi connectivity index (χ0v) is 14.7. The van der Waals surface area contributed by atoms with Crippen LogP contribution in [0.5, 0.6) is 0 Å². The fourth-order valence-corrected chi connectivity index (χ4v) is 1.60. The summed E-state index contributed by atoms with van der Waals surface area (Å²) in [5, 5.41) is 2.98. The number of amides is 3. The standard InChI is InChI=1S/C16H28N2O6/c1-4-5-15(21)18(12-19)24-16(22)7-6-14(20)17-9-11-23-10-8-13(2)3/h12-13H,4-11H2,1-3H3,(H,17,20). The summed E-state index contributed by atoms with van der Waals surface area (Å²) in [6, 6.07) is 0. The van der Waals surface area contributed by atoms with Crippen molar-refractivity contribution < 1.29 is 28.8 Å². The number of nitrogens with zero attached hydrogens (tertiary/aromatic N) is 1. The molecule has 0 aromatic rings. The smallest absolute Gasteiger partial charge is 0.333 e. The lowest BCUT2D eigenvalue weighted by molar-refractivity contribution is -0.196. The molecule has 0 aliphatic carbocycles. The highest BCUT2D eigenvalue weighted by Crippen LogP contribution is 2.01. The maximum absolute atomic E-state index is 11.6. The van der Waals surface area contributed by atoms with Crippen LogP contribution in [0, 0.1) is 5.92 Å². The minimum absolute atomic E-state index is 0.0838. The molecule has 0 aromatic heterocycles. The van der Waals surface area contributed by atoms with Crippen LogP contribution in [0.4, 0.5) is 0 Å². The molecule has 8 heteroatoms. The summed E-state index contributed by atoms with van der Waals surface area (Å²) in [4.78, 5) is 49.8. The van der Waals surface area contributed by atoms with Gasteiger partial charge in [-0.25, -0.2) is 4.79 Å². The molecule has 0 rings (SSSR count). The third kappa shape index (κ3) is 11.6. The Morgan fingerprint density at radius 2 is 1.83 bits per heavy atom. The van der Waals surface area contributed by atoms with Gasteiger partial charge in [-0.15, -0.1) is 5.06 Å². The van der Waals surface area contributed by atoms with E-state index in [0.29, 0.717) is 37.2 Å². The van der Waals surface area contributed by atoms with Gasteiger partial charge in [0.1, 0.15) is 0 Å². The van der Waals surface area contributed by atoms with Gasteiger partial charge in [0.25, 0.3) is 12.3 Å². The number of hydrogen-bond acceptors (Lipinski definition) is 6. The van der Waals surface area contributed by atoms with Gasteiger partial charge in [-0.05, 0) is 18.8 Å². The minimum Gasteiger partial charge on any atom is -0.380 e. The Morgan fingerprint density at radius 3 is 2.42 bits per heavy atom. The molecule has 0 saturated carbocycles. The molecule has 3 amide bonds. The second-order valence-corrected chi connectivity index (χ2v) is 5.68. The van der Waals surface area contributed by atoms with Crippen LogP contribution in [0.1, 0.15) is 52.9 Å². The number of rotatable bonds is 12. The SMILES string of the molecule is CCCC(=O)N(C=O)OC(=O)CCC(=O)NCCOCCC(C)C. The first-order valence-corrected chi connectivity index (χ1v) is 8.23. The fraction of sp³-hybridized carbons (Fsp3) is 0.750. The van der Waals surface area contributed by atoms with Crippen molar-refractivity contribution in [1.29, 1.82) is 0 Å². The lowest BCUT2D eigenvalue weighted by Crippen LogP contribution is -2.33. The van der Waals surface area contributed by atoms with Crippen molar-refractivity contribution in [3.05, 3.63) is 0 Å². The van der Waals surface area contributed by atoms with Gasteiger partial charge in [-0.1, -0.05) is 20.8 Å². The van der Waals surface area contributed by atoms with E-state index in [9.17, 15) is 19.2 Å². The quantitative estimate of drug-likeness (QED) is 0.324. The van der Waals surface area contributed by atoms with Crippen molar-refractivity contribution in [1.82, 2.24) is 10.4 Å². The number of hydroxylamine groups is 2. The van der Waals surface area contributed by atoms with Crippen LogP contribution in [0.15, 0.2) is 0 Å². The second-order valence-electron chi connectivity index (χ2n) is 5.68. The van der Waals surface area contributed by atoms with Crippen molar-refractivity contribution in [2.75, 3.05) is 19.8 Å². The number of ether oxygens (including phenoxy) is 1. The van der Waals surface area contributed by atoms with Crippen LogP contribution < -0.4 is 5.32 Å². The molecular weight excluding hydrogens is 316 g/mol. The molecule has 0 unspecified atom stereocenters.